The maximum Gasteiger partial charge on any atom is 0.0415 e. The lowest BCUT2D eigenvalue weighted by atomic mass is 10.3. The summed E-state index contributed by atoms with van der Waals surface area (Å²) in [4.78, 5) is 4.40. The summed E-state index contributed by atoms with van der Waals surface area (Å²) in [6, 6.07) is 6.18. The van der Waals surface area contributed by atoms with E-state index in [0.717, 1.165) is 17.9 Å². The minimum absolute atomic E-state index is 1.09. The van der Waals surface area contributed by atoms with E-state index < -0.39 is 0 Å². The second-order valence-electron chi connectivity index (χ2n) is 2.51. The zero-order valence-electron chi connectivity index (χ0n) is 7.00. The van der Waals surface area contributed by atoms with Crippen molar-refractivity contribution in [1.82, 2.24) is 4.98 Å². The van der Waals surface area contributed by atoms with Crippen molar-refractivity contribution >= 4 is 11.8 Å². The fourth-order valence-electron chi connectivity index (χ4n) is 0.945. The Morgan fingerprint density at radius 1 is 1.45 bits per heavy atom. The molecule has 0 radical (unpaired) electrons. The van der Waals surface area contributed by atoms with Crippen LogP contribution in [-0.4, -0.2) is 17.0 Å². The van der Waals surface area contributed by atoms with Gasteiger partial charge in [-0.05, 0) is 37.5 Å². The van der Waals surface area contributed by atoms with Gasteiger partial charge in [-0.2, -0.15) is 11.8 Å². The van der Waals surface area contributed by atoms with Crippen LogP contribution >= 0.6 is 11.8 Å². The summed E-state index contributed by atoms with van der Waals surface area (Å²) >= 11 is 1.86. The Balaban J connectivity index is 2.56. The number of aromatic nitrogens is 1. The zero-order chi connectivity index (χ0) is 8.10. The lowest BCUT2D eigenvalue weighted by molar-refractivity contribution is 1.02. The van der Waals surface area contributed by atoms with Gasteiger partial charge < -0.3 is 0 Å². The van der Waals surface area contributed by atoms with E-state index >= 15 is 0 Å². The number of rotatable bonds is 3. The summed E-state index contributed by atoms with van der Waals surface area (Å²) in [6.07, 6.45) is 3.21. The lowest BCUT2D eigenvalue weighted by Crippen LogP contribution is -1.93. The van der Waals surface area contributed by atoms with Gasteiger partial charge in [0.2, 0.25) is 0 Å². The molecule has 0 saturated heterocycles. The standard InChI is InChI=1S/C9H13NS/c1-8-4-3-5-9(10-8)6-7-11-2/h3-5H,6-7H2,1-2H3. The number of hydrogen-bond acceptors (Lipinski definition) is 2. The van der Waals surface area contributed by atoms with Crippen molar-refractivity contribution < 1.29 is 0 Å². The number of pyridine rings is 1. The number of hydrogen-bond donors (Lipinski definition) is 0. The van der Waals surface area contributed by atoms with Crippen molar-refractivity contribution in [2.45, 2.75) is 13.3 Å². The fourth-order valence-corrected chi connectivity index (χ4v) is 1.36. The molecule has 11 heavy (non-hydrogen) atoms. The van der Waals surface area contributed by atoms with Gasteiger partial charge in [0, 0.05) is 11.4 Å². The summed E-state index contributed by atoms with van der Waals surface area (Å²) in [6.45, 7) is 2.03. The van der Waals surface area contributed by atoms with Crippen LogP contribution < -0.4 is 0 Å². The van der Waals surface area contributed by atoms with E-state index in [4.69, 9.17) is 0 Å². The smallest absolute Gasteiger partial charge is 0.0415 e. The first-order valence-corrected chi connectivity index (χ1v) is 5.14. The van der Waals surface area contributed by atoms with Crippen LogP contribution in [0.4, 0.5) is 0 Å². The van der Waals surface area contributed by atoms with Crippen molar-refractivity contribution in [3.8, 4) is 0 Å². The van der Waals surface area contributed by atoms with Crippen molar-refractivity contribution in [3.63, 3.8) is 0 Å². The van der Waals surface area contributed by atoms with Crippen molar-refractivity contribution in [2.75, 3.05) is 12.0 Å². The van der Waals surface area contributed by atoms with Crippen LogP contribution in [0.15, 0.2) is 18.2 Å². The van der Waals surface area contributed by atoms with Gasteiger partial charge in [0.25, 0.3) is 0 Å². The van der Waals surface area contributed by atoms with Gasteiger partial charge in [-0.3, -0.25) is 4.98 Å². The van der Waals surface area contributed by atoms with E-state index in [1.807, 2.05) is 24.8 Å². The topological polar surface area (TPSA) is 12.9 Å². The molecule has 0 atom stereocenters. The van der Waals surface area contributed by atoms with Gasteiger partial charge in [-0.15, -0.1) is 0 Å². The fraction of sp³-hybridized carbons (Fsp3) is 0.444. The maximum absolute atomic E-state index is 4.40. The third-order valence-electron chi connectivity index (χ3n) is 1.51. The van der Waals surface area contributed by atoms with Crippen molar-refractivity contribution in [3.05, 3.63) is 29.6 Å². The summed E-state index contributed by atoms with van der Waals surface area (Å²) in [7, 11) is 0. The molecule has 0 fully saturated rings. The molecule has 1 rings (SSSR count). The second kappa shape index (κ2) is 4.39. The Morgan fingerprint density at radius 3 is 2.91 bits per heavy atom. The van der Waals surface area contributed by atoms with E-state index in [1.54, 1.807) is 0 Å². The molecule has 60 valence electrons. The third kappa shape index (κ3) is 2.93. The number of thioether (sulfide) groups is 1. The highest BCUT2D eigenvalue weighted by Gasteiger charge is 1.92. The molecule has 0 amide bonds. The quantitative estimate of drug-likeness (QED) is 0.685. The average Bonchev–Trinajstić information content (AvgIpc) is 2.01. The maximum atomic E-state index is 4.40. The van der Waals surface area contributed by atoms with E-state index in [-0.39, 0.29) is 0 Å². The van der Waals surface area contributed by atoms with Gasteiger partial charge in [0.1, 0.15) is 0 Å². The normalized spacial score (nSPS) is 10.0. The van der Waals surface area contributed by atoms with Crippen molar-refractivity contribution in [2.24, 2.45) is 0 Å². The minimum Gasteiger partial charge on any atom is -0.258 e. The van der Waals surface area contributed by atoms with E-state index in [1.165, 1.54) is 5.69 Å². The largest absolute Gasteiger partial charge is 0.258 e. The first-order valence-electron chi connectivity index (χ1n) is 3.74. The third-order valence-corrected chi connectivity index (χ3v) is 2.12. The molecule has 1 heterocycles. The molecule has 0 aliphatic rings. The Kier molecular flexibility index (Phi) is 3.43. The summed E-state index contributed by atoms with van der Waals surface area (Å²) in [5.74, 6) is 1.16. The molecule has 0 aromatic carbocycles. The van der Waals surface area contributed by atoms with Crippen molar-refractivity contribution in [1.29, 1.82) is 0 Å². The second-order valence-corrected chi connectivity index (χ2v) is 3.50. The van der Waals surface area contributed by atoms with Crippen LogP contribution in [-0.2, 0) is 6.42 Å². The van der Waals surface area contributed by atoms with E-state index in [9.17, 15) is 0 Å². The SMILES string of the molecule is CSCCc1cccc(C)n1. The predicted octanol–water partition coefficient (Wildman–Crippen LogP) is 2.30. The molecule has 1 aromatic heterocycles. The Bertz CT molecular complexity index is 223. The summed E-state index contributed by atoms with van der Waals surface area (Å²) in [5.41, 5.74) is 2.32. The van der Waals surface area contributed by atoms with Gasteiger partial charge >= 0.3 is 0 Å². The molecule has 0 saturated carbocycles. The molecular formula is C9H13NS. The van der Waals surface area contributed by atoms with Gasteiger partial charge in [0.05, 0.1) is 0 Å². The molecule has 0 aliphatic carbocycles. The average molecular weight is 167 g/mol. The molecule has 0 spiro atoms. The number of aryl methyl sites for hydroxylation is 2. The monoisotopic (exact) mass is 167 g/mol. The van der Waals surface area contributed by atoms with Crippen LogP contribution in [0, 0.1) is 6.92 Å². The molecule has 0 unspecified atom stereocenters. The Labute approximate surface area is 72.2 Å². The van der Waals surface area contributed by atoms with Crippen LogP contribution in [0.1, 0.15) is 11.4 Å². The molecule has 0 aliphatic heterocycles. The molecule has 0 bridgehead atoms. The predicted molar refractivity (Wildman–Crippen MR) is 51.1 cm³/mol. The van der Waals surface area contributed by atoms with Gasteiger partial charge in [-0.1, -0.05) is 6.07 Å². The molecular weight excluding hydrogens is 154 g/mol. The summed E-state index contributed by atoms with van der Waals surface area (Å²) in [5, 5.41) is 0. The highest BCUT2D eigenvalue weighted by atomic mass is 32.2. The number of nitrogens with zero attached hydrogens (tertiary/aromatic N) is 1. The zero-order valence-corrected chi connectivity index (χ0v) is 7.82. The van der Waals surface area contributed by atoms with Gasteiger partial charge in [-0.25, -0.2) is 0 Å². The minimum atomic E-state index is 1.09. The van der Waals surface area contributed by atoms with Crippen LogP contribution in [0.3, 0.4) is 0 Å². The van der Waals surface area contributed by atoms with E-state index in [2.05, 4.69) is 23.4 Å². The van der Waals surface area contributed by atoms with Crippen LogP contribution in [0.2, 0.25) is 0 Å². The van der Waals surface area contributed by atoms with E-state index in [0.29, 0.717) is 0 Å². The molecule has 0 N–H and O–H groups in total. The Morgan fingerprint density at radius 2 is 2.27 bits per heavy atom. The van der Waals surface area contributed by atoms with Crippen LogP contribution in [0.5, 0.6) is 0 Å². The first kappa shape index (κ1) is 8.60. The lowest BCUT2D eigenvalue weighted by Gasteiger charge is -1.98. The Hall–Kier alpha value is -0.500. The van der Waals surface area contributed by atoms with Crippen LogP contribution in [0.25, 0.3) is 0 Å². The molecule has 1 nitrogen and oxygen atoms in total. The highest BCUT2D eigenvalue weighted by molar-refractivity contribution is 7.98. The molecule has 1 aromatic rings. The first-order chi connectivity index (χ1) is 5.33. The highest BCUT2D eigenvalue weighted by Crippen LogP contribution is 2.02. The summed E-state index contributed by atoms with van der Waals surface area (Å²) < 4.78 is 0. The molecule has 2 heteroatoms. The van der Waals surface area contributed by atoms with Gasteiger partial charge in [0.15, 0.2) is 0 Å².